The summed E-state index contributed by atoms with van der Waals surface area (Å²) in [5, 5.41) is 0. The number of hydrogen-bond donors (Lipinski definition) is 0. The van der Waals surface area contributed by atoms with Gasteiger partial charge >= 0.3 is 0 Å². The van der Waals surface area contributed by atoms with Crippen molar-refractivity contribution in [3.05, 3.63) is 48.6 Å². The normalized spacial score (nSPS) is 16.8. The minimum Gasteiger partial charge on any atom is -0.304 e. The van der Waals surface area contributed by atoms with Gasteiger partial charge in [-0.2, -0.15) is 0 Å². The summed E-state index contributed by atoms with van der Waals surface area (Å²) < 4.78 is 0. The Bertz CT molecular complexity index is 449. The third-order valence-corrected chi connectivity index (χ3v) is 3.87. The van der Waals surface area contributed by atoms with Gasteiger partial charge in [-0.25, -0.2) is 0 Å². The number of rotatable bonds is 6. The molecule has 0 saturated carbocycles. The highest BCUT2D eigenvalue weighted by Crippen LogP contribution is 2.16. The quantitative estimate of drug-likeness (QED) is 0.282. The molecule has 1 heterocycles. The first-order valence-corrected chi connectivity index (χ1v) is 10.0. The van der Waals surface area contributed by atoms with E-state index >= 15 is 0 Å². The molecule has 2 heteroatoms. The summed E-state index contributed by atoms with van der Waals surface area (Å²) >= 11 is 0. The Morgan fingerprint density at radius 1 is 1.33 bits per heavy atom. The number of likely N-dealkylation sites (tertiary alicyclic amines) is 1. The lowest BCUT2D eigenvalue weighted by Gasteiger charge is -2.31. The first-order valence-electron chi connectivity index (χ1n) is 10.0. The van der Waals surface area contributed by atoms with E-state index in [-0.39, 0.29) is 0 Å². The van der Waals surface area contributed by atoms with Crippen LogP contribution >= 0.6 is 0 Å². The Labute approximate surface area is 170 Å². The van der Waals surface area contributed by atoms with Crippen molar-refractivity contribution < 1.29 is 0 Å². The van der Waals surface area contributed by atoms with Crippen LogP contribution in [0, 0.1) is 12.3 Å². The molecule has 1 unspecified atom stereocenters. The molecule has 1 rings (SSSR count). The van der Waals surface area contributed by atoms with Crippen LogP contribution in [0.4, 0.5) is 0 Å². The molecule has 0 aromatic carbocycles. The number of nitrogens with zero attached hydrogens (tertiary/aromatic N) is 2. The predicted octanol–water partition coefficient (Wildman–Crippen LogP) is 6.87. The molecule has 2 nitrogen and oxygen atoms in total. The summed E-state index contributed by atoms with van der Waals surface area (Å²) in [6.45, 7) is 16.2. The van der Waals surface area contributed by atoms with Crippen LogP contribution in [-0.4, -0.2) is 38.3 Å². The number of allylic oxidation sites excluding steroid dienone is 7. The zero-order chi connectivity index (χ0) is 21.3. The van der Waals surface area contributed by atoms with E-state index < -0.39 is 0 Å². The predicted molar refractivity (Wildman–Crippen MR) is 128 cm³/mol. The number of piperidine rings is 1. The van der Waals surface area contributed by atoms with E-state index in [1.54, 1.807) is 20.0 Å². The molecule has 0 aliphatic carbocycles. The fraction of sp³-hybridized carbons (Fsp3) is 0.560. The van der Waals surface area contributed by atoms with E-state index in [0.29, 0.717) is 0 Å². The molecule has 0 aromatic rings. The molecule has 27 heavy (non-hydrogen) atoms. The fourth-order valence-corrected chi connectivity index (χ4v) is 2.66. The zero-order valence-corrected chi connectivity index (χ0v) is 18.9. The van der Waals surface area contributed by atoms with Gasteiger partial charge in [0, 0.05) is 13.1 Å². The maximum Gasteiger partial charge on any atom is 0.0269 e. The molecule has 0 aromatic heterocycles. The van der Waals surface area contributed by atoms with Crippen LogP contribution in [0.1, 0.15) is 66.2 Å². The third-order valence-electron chi connectivity index (χ3n) is 3.87. The van der Waals surface area contributed by atoms with Crippen LogP contribution in [0.2, 0.25) is 0 Å². The maximum absolute atomic E-state index is 4.60. The highest BCUT2D eigenvalue weighted by Gasteiger charge is 2.15. The lowest BCUT2D eigenvalue weighted by Crippen LogP contribution is -2.35. The minimum absolute atomic E-state index is 0.888. The number of terminal acetylenes is 1. The third kappa shape index (κ3) is 24.1. The Morgan fingerprint density at radius 3 is 2.30 bits per heavy atom. The average molecular weight is 373 g/mol. The van der Waals surface area contributed by atoms with Crippen molar-refractivity contribution >= 4 is 6.72 Å². The minimum atomic E-state index is 0.888. The lowest BCUT2D eigenvalue weighted by atomic mass is 10.0. The zero-order valence-electron chi connectivity index (χ0n) is 18.9. The van der Waals surface area contributed by atoms with E-state index in [4.69, 9.17) is 0 Å². The Kier molecular flexibility index (Phi) is 29.2. The van der Waals surface area contributed by atoms with Gasteiger partial charge in [-0.15, -0.1) is 12.3 Å². The van der Waals surface area contributed by atoms with Crippen molar-refractivity contribution in [3.63, 3.8) is 0 Å². The molecule has 154 valence electrons. The van der Waals surface area contributed by atoms with Crippen molar-refractivity contribution in [2.75, 3.05) is 20.6 Å². The van der Waals surface area contributed by atoms with Crippen LogP contribution in [0.3, 0.4) is 0 Å². The van der Waals surface area contributed by atoms with Crippen molar-refractivity contribution in [1.82, 2.24) is 4.90 Å². The van der Waals surface area contributed by atoms with Gasteiger partial charge in [-0.05, 0) is 71.8 Å². The lowest BCUT2D eigenvalue weighted by molar-refractivity contribution is 0.181. The molecule has 1 aliphatic rings. The smallest absolute Gasteiger partial charge is 0.0269 e. The van der Waals surface area contributed by atoms with Crippen LogP contribution in [-0.2, 0) is 0 Å². The van der Waals surface area contributed by atoms with E-state index in [1.165, 1.54) is 37.8 Å². The molecular weight excluding hydrogens is 328 g/mol. The van der Waals surface area contributed by atoms with Crippen LogP contribution in [0.15, 0.2) is 53.6 Å². The monoisotopic (exact) mass is 372 g/mol. The molecule has 0 bridgehead atoms. The highest BCUT2D eigenvalue weighted by molar-refractivity contribution is 5.22. The maximum atomic E-state index is 4.60. The van der Waals surface area contributed by atoms with Crippen LogP contribution in [0.25, 0.3) is 0 Å². The summed E-state index contributed by atoms with van der Waals surface area (Å²) in [6, 6.07) is 0.888. The van der Waals surface area contributed by atoms with Gasteiger partial charge < -0.3 is 9.89 Å². The summed E-state index contributed by atoms with van der Waals surface area (Å²) in [5.74, 6) is 2.25. The first-order chi connectivity index (χ1) is 13.0. The Hall–Kier alpha value is -1.85. The van der Waals surface area contributed by atoms with E-state index in [0.717, 1.165) is 18.9 Å². The van der Waals surface area contributed by atoms with Crippen molar-refractivity contribution in [3.8, 4) is 12.3 Å². The summed E-state index contributed by atoms with van der Waals surface area (Å²) in [4.78, 5) is 5.74. The van der Waals surface area contributed by atoms with Crippen molar-refractivity contribution in [1.29, 1.82) is 0 Å². The standard InChI is InChI=1S/C12H18.C8H17N.C3H4.C2H5N/c1-4-7-8-11-12(9-5-2)10-6-3;1-3-8-6-4-5-7-9(8)2;2*1-3-2/h4-5,7-10H,1,6,11H2,2-3H3;8H,3-7H2,1-2H3;1H,2H3;1H2,2H3/b8-7-,9-5+,12-10-;;;. The second-order valence-corrected chi connectivity index (χ2v) is 6.20. The molecule has 0 N–H and O–H groups in total. The largest absolute Gasteiger partial charge is 0.304 e. The molecule has 1 atom stereocenters. The average Bonchev–Trinajstić information content (AvgIpc) is 2.65. The van der Waals surface area contributed by atoms with Gasteiger partial charge in [0.2, 0.25) is 0 Å². The van der Waals surface area contributed by atoms with Gasteiger partial charge in [0.15, 0.2) is 0 Å². The fourth-order valence-electron chi connectivity index (χ4n) is 2.66. The second kappa shape index (κ2) is 26.4. The molecule has 1 fully saturated rings. The Balaban J connectivity index is -0.000000336. The van der Waals surface area contributed by atoms with E-state index in [1.807, 2.05) is 13.0 Å². The van der Waals surface area contributed by atoms with Crippen LogP contribution in [0.5, 0.6) is 0 Å². The summed E-state index contributed by atoms with van der Waals surface area (Å²) in [5.41, 5.74) is 1.37. The van der Waals surface area contributed by atoms with Crippen molar-refractivity contribution in [2.24, 2.45) is 4.99 Å². The van der Waals surface area contributed by atoms with Crippen LogP contribution < -0.4 is 0 Å². The molecule has 0 radical (unpaired) electrons. The molecule has 1 saturated heterocycles. The first kappa shape index (κ1) is 29.9. The molecule has 0 amide bonds. The van der Waals surface area contributed by atoms with Gasteiger partial charge in [0.1, 0.15) is 0 Å². The SMILES string of the molecule is C#CC.C=C/C=C\CC(/C=C/C)=C\CC.C=NC.CCC1CCCCN1C. The second-order valence-electron chi connectivity index (χ2n) is 6.20. The molecular formula is C25H44N2. The topological polar surface area (TPSA) is 15.6 Å². The van der Waals surface area contributed by atoms with Crippen molar-refractivity contribution in [2.45, 2.75) is 72.3 Å². The van der Waals surface area contributed by atoms with E-state index in [2.05, 4.69) is 80.7 Å². The molecule has 1 aliphatic heterocycles. The van der Waals surface area contributed by atoms with E-state index in [9.17, 15) is 0 Å². The number of hydrogen-bond acceptors (Lipinski definition) is 2. The summed E-state index contributed by atoms with van der Waals surface area (Å²) in [6.07, 6.45) is 24.7. The van der Waals surface area contributed by atoms with Gasteiger partial charge in [0.05, 0.1) is 0 Å². The van der Waals surface area contributed by atoms with Gasteiger partial charge in [-0.1, -0.05) is 63.3 Å². The van der Waals surface area contributed by atoms with Gasteiger partial charge in [-0.3, -0.25) is 0 Å². The Morgan fingerprint density at radius 2 is 1.93 bits per heavy atom. The summed E-state index contributed by atoms with van der Waals surface area (Å²) in [7, 11) is 3.88. The molecule has 0 spiro atoms. The highest BCUT2D eigenvalue weighted by atomic mass is 15.1. The van der Waals surface area contributed by atoms with Gasteiger partial charge in [0.25, 0.3) is 0 Å². The number of aliphatic imine (C=N–C) groups is 1.